The van der Waals surface area contributed by atoms with E-state index in [9.17, 15) is 13.6 Å². The maximum absolute atomic E-state index is 13.5. The van der Waals surface area contributed by atoms with Gasteiger partial charge in [0.15, 0.2) is 0 Å². The zero-order chi connectivity index (χ0) is 23.9. The minimum absolute atomic E-state index is 0.276. The molecule has 1 aromatic heterocycles. The fourth-order valence-electron chi connectivity index (χ4n) is 3.81. The number of H-pyrrole nitrogens is 1. The van der Waals surface area contributed by atoms with E-state index in [0.29, 0.717) is 24.8 Å². The Morgan fingerprint density at radius 2 is 1.68 bits per heavy atom. The molecule has 0 aliphatic carbocycles. The third-order valence-corrected chi connectivity index (χ3v) is 5.60. The van der Waals surface area contributed by atoms with E-state index in [2.05, 4.69) is 9.97 Å². The van der Waals surface area contributed by atoms with Crippen LogP contribution in [-0.4, -0.2) is 23.0 Å². The highest BCUT2D eigenvalue weighted by molar-refractivity contribution is 5.93. The predicted octanol–water partition coefficient (Wildman–Crippen LogP) is 6.04. The van der Waals surface area contributed by atoms with Crippen LogP contribution >= 0.6 is 0 Å². The first-order valence-corrected chi connectivity index (χ1v) is 10.9. The number of rotatable bonds is 8. The summed E-state index contributed by atoms with van der Waals surface area (Å²) in [7, 11) is 1.36. The van der Waals surface area contributed by atoms with Crippen LogP contribution in [-0.2, 0) is 24.0 Å². The van der Waals surface area contributed by atoms with Crippen molar-refractivity contribution in [3.05, 3.63) is 124 Å². The Morgan fingerprint density at radius 1 is 0.971 bits per heavy atom. The molecule has 0 bridgehead atoms. The van der Waals surface area contributed by atoms with Gasteiger partial charge in [-0.15, -0.1) is 0 Å². The Kier molecular flexibility index (Phi) is 7.28. The highest BCUT2D eigenvalue weighted by Crippen LogP contribution is 2.24. The van der Waals surface area contributed by atoms with E-state index in [-0.39, 0.29) is 11.6 Å². The standard InChI is InChI=1S/C28H24F2N2O2/c1-34-28(33)26-17-20(3-7-22(26)6-2-19-4-10-24(29)11-5-19)16-23(18-27-31-14-15-32-27)21-8-12-25(30)13-9-21/h3-5,7-17H,2,6,18H2,1H3,(H,31,32). The topological polar surface area (TPSA) is 55.0 Å². The summed E-state index contributed by atoms with van der Waals surface area (Å²) in [6.45, 7) is 0. The fraction of sp³-hybridized carbons (Fsp3) is 0.143. The second kappa shape index (κ2) is 10.7. The number of carbonyl (C=O) groups excluding carboxylic acids is 1. The summed E-state index contributed by atoms with van der Waals surface area (Å²) in [5.74, 6) is -0.223. The molecule has 6 heteroatoms. The van der Waals surface area contributed by atoms with E-state index >= 15 is 0 Å². The number of aromatic nitrogens is 2. The summed E-state index contributed by atoms with van der Waals surface area (Å²) in [6.07, 6.45) is 7.19. The van der Waals surface area contributed by atoms with Crippen molar-refractivity contribution in [3.63, 3.8) is 0 Å². The van der Waals surface area contributed by atoms with E-state index in [1.165, 1.54) is 31.4 Å². The van der Waals surface area contributed by atoms with Gasteiger partial charge in [-0.05, 0) is 71.0 Å². The molecule has 0 spiro atoms. The van der Waals surface area contributed by atoms with Gasteiger partial charge in [-0.2, -0.15) is 0 Å². The van der Waals surface area contributed by atoms with Gasteiger partial charge in [0, 0.05) is 18.8 Å². The number of nitrogens with one attached hydrogen (secondary N) is 1. The number of aryl methyl sites for hydroxylation is 2. The summed E-state index contributed by atoms with van der Waals surface area (Å²) in [5.41, 5.74) is 4.91. The number of carbonyl (C=O) groups is 1. The number of benzene rings is 3. The summed E-state index contributed by atoms with van der Waals surface area (Å²) in [5, 5.41) is 0. The number of imidazole rings is 1. The molecule has 0 atom stereocenters. The van der Waals surface area contributed by atoms with Gasteiger partial charge in [0.05, 0.1) is 12.7 Å². The summed E-state index contributed by atoms with van der Waals surface area (Å²) in [4.78, 5) is 19.9. The molecule has 3 aromatic carbocycles. The minimum Gasteiger partial charge on any atom is -0.465 e. The van der Waals surface area contributed by atoms with Crippen molar-refractivity contribution >= 4 is 17.6 Å². The van der Waals surface area contributed by atoms with Gasteiger partial charge in [-0.1, -0.05) is 42.5 Å². The molecule has 4 rings (SSSR count). The third-order valence-electron chi connectivity index (χ3n) is 5.60. The lowest BCUT2D eigenvalue weighted by molar-refractivity contribution is 0.0599. The maximum atomic E-state index is 13.5. The van der Waals surface area contributed by atoms with Crippen LogP contribution in [0.3, 0.4) is 0 Å². The van der Waals surface area contributed by atoms with E-state index < -0.39 is 5.97 Å². The van der Waals surface area contributed by atoms with Crippen molar-refractivity contribution in [1.82, 2.24) is 9.97 Å². The first kappa shape index (κ1) is 23.1. The van der Waals surface area contributed by atoms with Crippen LogP contribution in [0.4, 0.5) is 8.78 Å². The summed E-state index contributed by atoms with van der Waals surface area (Å²) >= 11 is 0. The molecule has 0 saturated carbocycles. The fourth-order valence-corrected chi connectivity index (χ4v) is 3.81. The Labute approximate surface area is 197 Å². The van der Waals surface area contributed by atoms with Crippen LogP contribution in [0, 0.1) is 11.6 Å². The van der Waals surface area contributed by atoms with Gasteiger partial charge in [-0.25, -0.2) is 18.6 Å². The molecule has 0 aliphatic rings. The molecule has 34 heavy (non-hydrogen) atoms. The van der Waals surface area contributed by atoms with E-state index in [1.54, 1.807) is 42.7 Å². The largest absolute Gasteiger partial charge is 0.465 e. The van der Waals surface area contributed by atoms with Crippen LogP contribution in [0.2, 0.25) is 0 Å². The monoisotopic (exact) mass is 458 g/mol. The minimum atomic E-state index is -0.418. The number of allylic oxidation sites excluding steroid dienone is 1. The van der Waals surface area contributed by atoms with Crippen LogP contribution in [0.1, 0.15) is 38.4 Å². The van der Waals surface area contributed by atoms with Gasteiger partial charge < -0.3 is 9.72 Å². The van der Waals surface area contributed by atoms with Crippen LogP contribution in [0.25, 0.3) is 11.6 Å². The molecule has 1 N–H and O–H groups in total. The molecule has 172 valence electrons. The predicted molar refractivity (Wildman–Crippen MR) is 128 cm³/mol. The van der Waals surface area contributed by atoms with Gasteiger partial charge in [0.2, 0.25) is 0 Å². The second-order valence-corrected chi connectivity index (χ2v) is 7.92. The number of hydrogen-bond donors (Lipinski definition) is 1. The lowest BCUT2D eigenvalue weighted by atomic mass is 9.95. The number of halogens is 2. The van der Waals surface area contributed by atoms with Crippen molar-refractivity contribution in [3.8, 4) is 0 Å². The Balaban J connectivity index is 1.66. The number of methoxy groups -OCH3 is 1. The van der Waals surface area contributed by atoms with Crippen LogP contribution in [0.15, 0.2) is 79.1 Å². The molecular formula is C28H24F2N2O2. The van der Waals surface area contributed by atoms with E-state index in [1.807, 2.05) is 18.2 Å². The highest BCUT2D eigenvalue weighted by atomic mass is 19.1. The molecule has 4 aromatic rings. The van der Waals surface area contributed by atoms with Crippen molar-refractivity contribution in [1.29, 1.82) is 0 Å². The van der Waals surface area contributed by atoms with E-state index in [0.717, 1.165) is 33.7 Å². The molecule has 0 fully saturated rings. The Bertz CT molecular complexity index is 1280. The number of ether oxygens (including phenoxy) is 1. The number of esters is 1. The average Bonchev–Trinajstić information content (AvgIpc) is 3.37. The van der Waals surface area contributed by atoms with Crippen molar-refractivity contribution < 1.29 is 18.3 Å². The van der Waals surface area contributed by atoms with Gasteiger partial charge in [0.25, 0.3) is 0 Å². The molecule has 4 nitrogen and oxygen atoms in total. The SMILES string of the molecule is COC(=O)c1cc(C=C(Cc2ncc[nH]2)c2ccc(F)cc2)ccc1CCc1ccc(F)cc1. The van der Waals surface area contributed by atoms with E-state index in [4.69, 9.17) is 4.74 Å². The Hall–Kier alpha value is -4.06. The molecular weight excluding hydrogens is 434 g/mol. The first-order valence-electron chi connectivity index (χ1n) is 10.9. The first-order chi connectivity index (χ1) is 16.5. The normalized spacial score (nSPS) is 11.4. The third kappa shape index (κ3) is 5.84. The lowest BCUT2D eigenvalue weighted by Gasteiger charge is -2.11. The highest BCUT2D eigenvalue weighted by Gasteiger charge is 2.14. The zero-order valence-corrected chi connectivity index (χ0v) is 18.7. The second-order valence-electron chi connectivity index (χ2n) is 7.92. The zero-order valence-electron chi connectivity index (χ0n) is 18.7. The number of aromatic amines is 1. The van der Waals surface area contributed by atoms with Crippen LogP contribution < -0.4 is 0 Å². The maximum Gasteiger partial charge on any atom is 0.338 e. The Morgan fingerprint density at radius 3 is 2.32 bits per heavy atom. The average molecular weight is 459 g/mol. The van der Waals surface area contributed by atoms with Gasteiger partial charge in [-0.3, -0.25) is 0 Å². The molecule has 0 aliphatic heterocycles. The van der Waals surface area contributed by atoms with Gasteiger partial charge in [0.1, 0.15) is 17.5 Å². The van der Waals surface area contributed by atoms with Crippen molar-refractivity contribution in [2.75, 3.05) is 7.11 Å². The number of hydrogen-bond acceptors (Lipinski definition) is 3. The lowest BCUT2D eigenvalue weighted by Crippen LogP contribution is -2.07. The number of nitrogens with zero attached hydrogens (tertiary/aromatic N) is 1. The van der Waals surface area contributed by atoms with Gasteiger partial charge >= 0.3 is 5.97 Å². The smallest absolute Gasteiger partial charge is 0.338 e. The summed E-state index contributed by atoms with van der Waals surface area (Å²) < 4.78 is 31.7. The molecule has 1 heterocycles. The van der Waals surface area contributed by atoms with Crippen LogP contribution in [0.5, 0.6) is 0 Å². The molecule has 0 amide bonds. The molecule has 0 radical (unpaired) electrons. The quantitative estimate of drug-likeness (QED) is 0.259. The summed E-state index contributed by atoms with van der Waals surface area (Å²) in [6, 6.07) is 18.3. The molecule has 0 unspecified atom stereocenters. The molecule has 0 saturated heterocycles. The van der Waals surface area contributed by atoms with Crippen molar-refractivity contribution in [2.45, 2.75) is 19.3 Å². The van der Waals surface area contributed by atoms with Crippen molar-refractivity contribution in [2.24, 2.45) is 0 Å².